The van der Waals surface area contributed by atoms with Crippen LogP contribution in [0.1, 0.15) is 13.8 Å². The monoisotopic (exact) mass is 318 g/mol. The third kappa shape index (κ3) is 4.45. The first-order valence-corrected chi connectivity index (χ1v) is 7.96. The number of amides is 2. The Morgan fingerprint density at radius 2 is 1.65 bits per heavy atom. The van der Waals surface area contributed by atoms with Crippen LogP contribution in [-0.2, 0) is 9.59 Å². The van der Waals surface area contributed by atoms with Crippen LogP contribution < -0.4 is 10.2 Å². The maximum absolute atomic E-state index is 12.4. The highest BCUT2D eigenvalue weighted by atomic mass is 16.2. The molecule has 1 atom stereocenters. The highest BCUT2D eigenvalue weighted by molar-refractivity contribution is 5.94. The van der Waals surface area contributed by atoms with Crippen LogP contribution in [0.2, 0.25) is 0 Å². The van der Waals surface area contributed by atoms with Crippen molar-refractivity contribution in [1.29, 1.82) is 0 Å². The predicted octanol–water partition coefficient (Wildman–Crippen LogP) is 1.24. The summed E-state index contributed by atoms with van der Waals surface area (Å²) in [7, 11) is 3.96. The van der Waals surface area contributed by atoms with Gasteiger partial charge in [-0.15, -0.1) is 0 Å². The molecular weight excluding hydrogens is 292 g/mol. The Morgan fingerprint density at radius 3 is 2.13 bits per heavy atom. The summed E-state index contributed by atoms with van der Waals surface area (Å²) in [5, 5.41) is 2.96. The molecule has 6 nitrogen and oxygen atoms in total. The van der Waals surface area contributed by atoms with Crippen LogP contribution in [0, 0.1) is 0 Å². The molecule has 0 aromatic heterocycles. The van der Waals surface area contributed by atoms with Gasteiger partial charge in [-0.1, -0.05) is 0 Å². The minimum atomic E-state index is -0.211. The molecule has 2 amide bonds. The summed E-state index contributed by atoms with van der Waals surface area (Å²) in [6.07, 6.45) is 0. The molecule has 0 aliphatic carbocycles. The van der Waals surface area contributed by atoms with Gasteiger partial charge < -0.3 is 15.1 Å². The van der Waals surface area contributed by atoms with E-state index in [9.17, 15) is 9.59 Å². The second-order valence-corrected chi connectivity index (χ2v) is 6.15. The fraction of sp³-hybridized carbons (Fsp3) is 0.529. The molecule has 126 valence electrons. The lowest BCUT2D eigenvalue weighted by Crippen LogP contribution is -2.53. The van der Waals surface area contributed by atoms with Crippen LogP contribution in [0.5, 0.6) is 0 Å². The molecule has 23 heavy (non-hydrogen) atoms. The molecular formula is C17H26N4O2. The molecule has 1 fully saturated rings. The number of carbonyl (C=O) groups excluding carboxylic acids is 2. The minimum Gasteiger partial charge on any atom is -0.378 e. The second kappa shape index (κ2) is 7.46. The van der Waals surface area contributed by atoms with Gasteiger partial charge in [-0.3, -0.25) is 14.5 Å². The standard InChI is InChI=1S/C17H26N4O2/c1-13(20-9-11-21(12-10-20)14(2)22)17(23)18-15-5-7-16(8-6-15)19(3)4/h5-8,13H,9-12H2,1-4H3,(H,18,23). The number of nitrogens with one attached hydrogen (secondary N) is 1. The van der Waals surface area contributed by atoms with Crippen LogP contribution in [-0.4, -0.2) is 67.9 Å². The van der Waals surface area contributed by atoms with E-state index in [1.807, 2.05) is 55.1 Å². The van der Waals surface area contributed by atoms with Crippen LogP contribution >= 0.6 is 0 Å². The molecule has 1 unspecified atom stereocenters. The lowest BCUT2D eigenvalue weighted by atomic mass is 10.2. The number of nitrogens with zero attached hydrogens (tertiary/aromatic N) is 3. The number of benzene rings is 1. The highest BCUT2D eigenvalue weighted by Gasteiger charge is 2.26. The van der Waals surface area contributed by atoms with Crippen molar-refractivity contribution in [2.75, 3.05) is 50.5 Å². The Morgan fingerprint density at radius 1 is 1.09 bits per heavy atom. The van der Waals surface area contributed by atoms with Crippen molar-refractivity contribution in [2.24, 2.45) is 0 Å². The van der Waals surface area contributed by atoms with Gasteiger partial charge >= 0.3 is 0 Å². The Labute approximate surface area is 138 Å². The zero-order valence-electron chi connectivity index (χ0n) is 14.4. The summed E-state index contributed by atoms with van der Waals surface area (Å²) in [6.45, 7) is 6.33. The quantitative estimate of drug-likeness (QED) is 0.908. The van der Waals surface area contributed by atoms with Crippen molar-refractivity contribution >= 4 is 23.2 Å². The van der Waals surface area contributed by atoms with E-state index in [1.165, 1.54) is 0 Å². The Bertz CT molecular complexity index is 548. The van der Waals surface area contributed by atoms with Gasteiger partial charge in [0.05, 0.1) is 6.04 Å². The summed E-state index contributed by atoms with van der Waals surface area (Å²) < 4.78 is 0. The number of rotatable bonds is 4. The van der Waals surface area contributed by atoms with Crippen LogP contribution in [0.3, 0.4) is 0 Å². The molecule has 0 saturated carbocycles. The SMILES string of the molecule is CC(=O)N1CCN(C(C)C(=O)Nc2ccc(N(C)C)cc2)CC1. The summed E-state index contributed by atoms with van der Waals surface area (Å²) in [6, 6.07) is 7.57. The molecule has 1 aromatic rings. The number of carbonyl (C=O) groups is 2. The fourth-order valence-corrected chi connectivity index (χ4v) is 2.68. The Kier molecular flexibility index (Phi) is 5.60. The number of hydrogen-bond acceptors (Lipinski definition) is 4. The van der Waals surface area contributed by atoms with Crippen molar-refractivity contribution < 1.29 is 9.59 Å². The number of hydrogen-bond donors (Lipinski definition) is 1. The molecule has 0 radical (unpaired) electrons. The third-order valence-corrected chi connectivity index (χ3v) is 4.34. The Balaban J connectivity index is 1.89. The van der Waals surface area contributed by atoms with Crippen LogP contribution in [0.25, 0.3) is 0 Å². The molecule has 0 bridgehead atoms. The maximum atomic E-state index is 12.4. The minimum absolute atomic E-state index is 0.0149. The van der Waals surface area contributed by atoms with Crippen molar-refractivity contribution in [2.45, 2.75) is 19.9 Å². The molecule has 0 spiro atoms. The summed E-state index contributed by atoms with van der Waals surface area (Å²) in [5.41, 5.74) is 1.89. The average molecular weight is 318 g/mol. The summed E-state index contributed by atoms with van der Waals surface area (Å²) in [5.74, 6) is 0.0848. The van der Waals surface area contributed by atoms with E-state index < -0.39 is 0 Å². The molecule has 2 rings (SSSR count). The van der Waals surface area contributed by atoms with Crippen molar-refractivity contribution in [3.05, 3.63) is 24.3 Å². The first-order chi connectivity index (χ1) is 10.9. The average Bonchev–Trinajstić information content (AvgIpc) is 2.54. The van der Waals surface area contributed by atoms with Crippen molar-refractivity contribution in [3.63, 3.8) is 0 Å². The number of piperazine rings is 1. The van der Waals surface area contributed by atoms with E-state index in [1.54, 1.807) is 6.92 Å². The molecule has 1 heterocycles. The lowest BCUT2D eigenvalue weighted by molar-refractivity contribution is -0.131. The highest BCUT2D eigenvalue weighted by Crippen LogP contribution is 2.16. The van der Waals surface area contributed by atoms with Gasteiger partial charge in [-0.05, 0) is 31.2 Å². The first-order valence-electron chi connectivity index (χ1n) is 7.96. The zero-order valence-corrected chi connectivity index (χ0v) is 14.4. The zero-order chi connectivity index (χ0) is 17.0. The summed E-state index contributed by atoms with van der Waals surface area (Å²) >= 11 is 0. The molecule has 1 aromatic carbocycles. The predicted molar refractivity (Wildman–Crippen MR) is 92.7 cm³/mol. The van der Waals surface area contributed by atoms with Crippen LogP contribution in [0.4, 0.5) is 11.4 Å². The van der Waals surface area contributed by atoms with E-state index in [4.69, 9.17) is 0 Å². The number of anilines is 2. The summed E-state index contributed by atoms with van der Waals surface area (Å²) in [4.78, 5) is 29.7. The van der Waals surface area contributed by atoms with E-state index in [2.05, 4.69) is 10.2 Å². The topological polar surface area (TPSA) is 55.9 Å². The van der Waals surface area contributed by atoms with E-state index >= 15 is 0 Å². The first kappa shape index (κ1) is 17.3. The van der Waals surface area contributed by atoms with E-state index in [0.29, 0.717) is 13.1 Å². The molecule has 1 aliphatic rings. The maximum Gasteiger partial charge on any atom is 0.241 e. The fourth-order valence-electron chi connectivity index (χ4n) is 2.68. The van der Waals surface area contributed by atoms with Gasteiger partial charge in [-0.2, -0.15) is 0 Å². The van der Waals surface area contributed by atoms with Gasteiger partial charge in [0.25, 0.3) is 0 Å². The van der Waals surface area contributed by atoms with Gasteiger partial charge in [0.2, 0.25) is 11.8 Å². The van der Waals surface area contributed by atoms with Gasteiger partial charge in [0, 0.05) is 58.6 Å². The van der Waals surface area contributed by atoms with Crippen molar-refractivity contribution in [3.8, 4) is 0 Å². The lowest BCUT2D eigenvalue weighted by Gasteiger charge is -2.37. The van der Waals surface area contributed by atoms with E-state index in [0.717, 1.165) is 24.5 Å². The molecule has 1 N–H and O–H groups in total. The van der Waals surface area contributed by atoms with Crippen LogP contribution in [0.15, 0.2) is 24.3 Å². The van der Waals surface area contributed by atoms with Crippen molar-refractivity contribution in [1.82, 2.24) is 9.80 Å². The Hall–Kier alpha value is -2.08. The smallest absolute Gasteiger partial charge is 0.241 e. The van der Waals surface area contributed by atoms with Gasteiger partial charge in [-0.25, -0.2) is 0 Å². The van der Waals surface area contributed by atoms with Gasteiger partial charge in [0.1, 0.15) is 0 Å². The van der Waals surface area contributed by atoms with E-state index in [-0.39, 0.29) is 17.9 Å². The second-order valence-electron chi connectivity index (χ2n) is 6.15. The third-order valence-electron chi connectivity index (χ3n) is 4.34. The molecule has 1 saturated heterocycles. The largest absolute Gasteiger partial charge is 0.378 e. The molecule has 6 heteroatoms. The molecule has 1 aliphatic heterocycles. The van der Waals surface area contributed by atoms with Gasteiger partial charge in [0.15, 0.2) is 0 Å². The normalized spacial score (nSPS) is 16.8.